The molecule has 8 heteroatoms. The van der Waals surface area contributed by atoms with Crippen molar-refractivity contribution in [2.24, 2.45) is 5.73 Å². The number of nitrogens with two attached hydrogens (primary N) is 1. The number of amides is 2. The smallest absolute Gasteiger partial charge is 0.312 e. The Morgan fingerprint density at radius 3 is 2.11 bits per heavy atom. The monoisotopic (exact) mass is 486 g/mol. The molecular formula is C28H30N4O4. The van der Waals surface area contributed by atoms with E-state index in [-0.39, 0.29) is 6.42 Å². The van der Waals surface area contributed by atoms with Gasteiger partial charge in [-0.15, -0.1) is 0 Å². The first kappa shape index (κ1) is 25.1. The molecule has 0 saturated carbocycles. The van der Waals surface area contributed by atoms with Crippen LogP contribution in [0.4, 0.5) is 0 Å². The molecule has 1 saturated heterocycles. The van der Waals surface area contributed by atoms with Crippen LogP contribution in [0.15, 0.2) is 85.2 Å². The van der Waals surface area contributed by atoms with E-state index in [0.717, 1.165) is 11.1 Å². The fourth-order valence-electron chi connectivity index (χ4n) is 4.39. The molecule has 186 valence electrons. The van der Waals surface area contributed by atoms with Crippen LogP contribution in [0.2, 0.25) is 0 Å². The van der Waals surface area contributed by atoms with Crippen LogP contribution in [0.1, 0.15) is 41.7 Å². The van der Waals surface area contributed by atoms with E-state index in [2.05, 4.69) is 4.98 Å². The number of hydrogen-bond acceptors (Lipinski definition) is 6. The Kier molecular flexibility index (Phi) is 8.41. The fourth-order valence-corrected chi connectivity index (χ4v) is 4.39. The van der Waals surface area contributed by atoms with E-state index in [4.69, 9.17) is 10.5 Å². The molecule has 2 aromatic carbocycles. The van der Waals surface area contributed by atoms with Gasteiger partial charge in [0.15, 0.2) is 6.10 Å². The van der Waals surface area contributed by atoms with Crippen LogP contribution in [0.25, 0.3) is 0 Å². The Bertz CT molecular complexity index is 1120. The van der Waals surface area contributed by atoms with Gasteiger partial charge in [-0.2, -0.15) is 0 Å². The summed E-state index contributed by atoms with van der Waals surface area (Å²) in [7, 11) is 0. The number of carbonyl (C=O) groups is 3. The van der Waals surface area contributed by atoms with Gasteiger partial charge in [-0.25, -0.2) is 0 Å². The Morgan fingerprint density at radius 2 is 1.53 bits per heavy atom. The zero-order valence-electron chi connectivity index (χ0n) is 20.0. The van der Waals surface area contributed by atoms with E-state index >= 15 is 0 Å². The van der Waals surface area contributed by atoms with E-state index in [9.17, 15) is 14.4 Å². The second-order valence-electron chi connectivity index (χ2n) is 8.63. The first-order valence-electron chi connectivity index (χ1n) is 12.1. The van der Waals surface area contributed by atoms with Crippen molar-refractivity contribution in [1.82, 2.24) is 14.8 Å². The number of hydrogen-bond donors (Lipinski definition) is 1. The SMILES string of the molecule is NCCCN1CCN(C(CC(=O)OC(c2ccccc2)c2ccccc2)c2cccnc2)C(=O)C1=O. The van der Waals surface area contributed by atoms with Gasteiger partial charge in [0.1, 0.15) is 0 Å². The molecule has 1 aliphatic rings. The van der Waals surface area contributed by atoms with E-state index in [0.29, 0.717) is 38.2 Å². The summed E-state index contributed by atoms with van der Waals surface area (Å²) in [4.78, 5) is 46.3. The van der Waals surface area contributed by atoms with Crippen molar-refractivity contribution in [2.45, 2.75) is 25.0 Å². The van der Waals surface area contributed by atoms with Crippen LogP contribution in [-0.2, 0) is 19.1 Å². The van der Waals surface area contributed by atoms with Gasteiger partial charge in [0.25, 0.3) is 0 Å². The Balaban J connectivity index is 1.56. The van der Waals surface area contributed by atoms with E-state index in [1.54, 1.807) is 24.5 Å². The highest BCUT2D eigenvalue weighted by Crippen LogP contribution is 2.30. The number of aromatic nitrogens is 1. The summed E-state index contributed by atoms with van der Waals surface area (Å²) in [5, 5.41) is 0. The highest BCUT2D eigenvalue weighted by Gasteiger charge is 2.38. The molecular weight excluding hydrogens is 456 g/mol. The van der Waals surface area contributed by atoms with E-state index < -0.39 is 29.9 Å². The van der Waals surface area contributed by atoms with Crippen LogP contribution >= 0.6 is 0 Å². The number of pyridine rings is 1. The quantitative estimate of drug-likeness (QED) is 0.349. The molecule has 0 bridgehead atoms. The molecule has 1 aromatic heterocycles. The number of rotatable bonds is 10. The van der Waals surface area contributed by atoms with Gasteiger partial charge in [0, 0.05) is 32.0 Å². The molecule has 0 radical (unpaired) electrons. The molecule has 0 spiro atoms. The molecule has 3 aromatic rings. The summed E-state index contributed by atoms with van der Waals surface area (Å²) in [6.45, 7) is 1.57. The summed E-state index contributed by atoms with van der Waals surface area (Å²) in [5.41, 5.74) is 7.92. The molecule has 2 N–H and O–H groups in total. The molecule has 4 rings (SSSR count). The average Bonchev–Trinajstić information content (AvgIpc) is 2.93. The maximum Gasteiger partial charge on any atom is 0.312 e. The normalized spacial score (nSPS) is 14.7. The molecule has 36 heavy (non-hydrogen) atoms. The highest BCUT2D eigenvalue weighted by atomic mass is 16.5. The van der Waals surface area contributed by atoms with E-state index in [1.807, 2.05) is 60.7 Å². The Hall–Kier alpha value is -4.04. The lowest BCUT2D eigenvalue weighted by Crippen LogP contribution is -2.55. The number of esters is 1. The largest absolute Gasteiger partial charge is 0.452 e. The van der Waals surface area contributed by atoms with Crippen molar-refractivity contribution in [2.75, 3.05) is 26.2 Å². The lowest BCUT2D eigenvalue weighted by molar-refractivity contribution is -0.160. The number of nitrogens with zero attached hydrogens (tertiary/aromatic N) is 3. The van der Waals surface area contributed by atoms with Gasteiger partial charge in [-0.3, -0.25) is 19.4 Å². The van der Waals surface area contributed by atoms with Crippen molar-refractivity contribution in [3.8, 4) is 0 Å². The predicted octanol–water partition coefficient (Wildman–Crippen LogP) is 2.87. The minimum atomic E-state index is -0.675. The van der Waals surface area contributed by atoms with Crippen molar-refractivity contribution in [3.63, 3.8) is 0 Å². The summed E-state index contributed by atoms with van der Waals surface area (Å²) in [5.74, 6) is -1.70. The molecule has 8 nitrogen and oxygen atoms in total. The number of piperazine rings is 1. The van der Waals surface area contributed by atoms with Crippen molar-refractivity contribution in [1.29, 1.82) is 0 Å². The van der Waals surface area contributed by atoms with Crippen molar-refractivity contribution >= 4 is 17.8 Å². The summed E-state index contributed by atoms with van der Waals surface area (Å²) >= 11 is 0. The van der Waals surface area contributed by atoms with Crippen molar-refractivity contribution in [3.05, 3.63) is 102 Å². The summed E-state index contributed by atoms with van der Waals surface area (Å²) in [6, 6.07) is 21.9. The van der Waals surface area contributed by atoms with Gasteiger partial charge in [-0.1, -0.05) is 66.7 Å². The lowest BCUT2D eigenvalue weighted by Gasteiger charge is -2.38. The molecule has 1 unspecified atom stereocenters. The third-order valence-corrected chi connectivity index (χ3v) is 6.23. The molecule has 2 heterocycles. The standard InChI is InChI=1S/C28H30N4O4/c29-14-8-16-31-17-18-32(28(35)27(31)34)24(23-13-7-15-30-20-23)19-25(33)36-26(21-9-3-1-4-10-21)22-11-5-2-6-12-22/h1-7,9-13,15,20,24,26H,8,14,16-19,29H2. The van der Waals surface area contributed by atoms with Crippen LogP contribution in [0.5, 0.6) is 0 Å². The van der Waals surface area contributed by atoms with Gasteiger partial charge in [0.2, 0.25) is 0 Å². The second-order valence-corrected chi connectivity index (χ2v) is 8.63. The van der Waals surface area contributed by atoms with Crippen molar-refractivity contribution < 1.29 is 19.1 Å². The topological polar surface area (TPSA) is 106 Å². The third-order valence-electron chi connectivity index (χ3n) is 6.23. The van der Waals surface area contributed by atoms with Gasteiger partial charge >= 0.3 is 17.8 Å². The molecule has 2 amide bonds. The Labute approximate surface area is 210 Å². The maximum absolute atomic E-state index is 13.3. The first-order valence-corrected chi connectivity index (χ1v) is 12.1. The number of benzene rings is 2. The van der Waals surface area contributed by atoms with Gasteiger partial charge in [-0.05, 0) is 35.7 Å². The zero-order valence-corrected chi connectivity index (χ0v) is 20.0. The minimum absolute atomic E-state index is 0.107. The number of ether oxygens (including phenoxy) is 1. The summed E-state index contributed by atoms with van der Waals surface area (Å²) < 4.78 is 6.00. The average molecular weight is 487 g/mol. The molecule has 1 atom stereocenters. The van der Waals surface area contributed by atoms with Crippen LogP contribution < -0.4 is 5.73 Å². The highest BCUT2D eigenvalue weighted by molar-refractivity contribution is 6.35. The molecule has 0 aliphatic carbocycles. The lowest BCUT2D eigenvalue weighted by atomic mass is 10.0. The van der Waals surface area contributed by atoms with Gasteiger partial charge < -0.3 is 20.3 Å². The molecule has 1 fully saturated rings. The zero-order chi connectivity index (χ0) is 25.3. The minimum Gasteiger partial charge on any atom is -0.452 e. The fraction of sp³-hybridized carbons (Fsp3) is 0.286. The van der Waals surface area contributed by atoms with Gasteiger partial charge in [0.05, 0.1) is 12.5 Å². The maximum atomic E-state index is 13.3. The predicted molar refractivity (Wildman–Crippen MR) is 134 cm³/mol. The Morgan fingerprint density at radius 1 is 0.889 bits per heavy atom. The second kappa shape index (κ2) is 12.1. The van der Waals surface area contributed by atoms with Crippen LogP contribution in [-0.4, -0.2) is 58.7 Å². The van der Waals surface area contributed by atoms with Crippen LogP contribution in [0.3, 0.4) is 0 Å². The summed E-state index contributed by atoms with van der Waals surface area (Å²) in [6.07, 6.45) is 3.15. The number of carbonyl (C=O) groups excluding carboxylic acids is 3. The first-order chi connectivity index (χ1) is 17.6. The van der Waals surface area contributed by atoms with Crippen LogP contribution in [0, 0.1) is 0 Å². The molecule has 1 aliphatic heterocycles. The van der Waals surface area contributed by atoms with E-state index in [1.165, 1.54) is 9.80 Å². The third kappa shape index (κ3) is 5.95.